The van der Waals surface area contributed by atoms with E-state index in [-0.39, 0.29) is 5.97 Å². The van der Waals surface area contributed by atoms with Crippen LogP contribution in [0.15, 0.2) is 12.1 Å². The van der Waals surface area contributed by atoms with Gasteiger partial charge in [-0.2, -0.15) is 0 Å². The molecule has 0 aliphatic carbocycles. The number of halogens is 3. The zero-order valence-corrected chi connectivity index (χ0v) is 17.9. The van der Waals surface area contributed by atoms with Gasteiger partial charge >= 0.3 is 5.97 Å². The number of carbonyl (C=O) groups is 1. The van der Waals surface area contributed by atoms with Crippen molar-refractivity contribution in [2.45, 2.75) is 6.42 Å². The van der Waals surface area contributed by atoms with Crippen molar-refractivity contribution in [3.05, 3.63) is 28.4 Å². The molecule has 21 heavy (non-hydrogen) atoms. The second-order valence-electron chi connectivity index (χ2n) is 4.85. The van der Waals surface area contributed by atoms with Crippen LogP contribution in [0.4, 0.5) is 0 Å². The van der Waals surface area contributed by atoms with Crippen molar-refractivity contribution in [3.8, 4) is 0 Å². The minimum Gasteiger partial charge on any atom is -0.462 e. The van der Waals surface area contributed by atoms with Crippen molar-refractivity contribution in [2.75, 3.05) is 39.5 Å². The fourth-order valence-electron chi connectivity index (χ4n) is 2.18. The molecule has 0 amide bonds. The lowest BCUT2D eigenvalue weighted by molar-refractivity contribution is -0.908. The quantitative estimate of drug-likeness (QED) is 0.235. The van der Waals surface area contributed by atoms with E-state index in [9.17, 15) is 4.79 Å². The normalized spacial score (nSPS) is 16.0. The predicted molar refractivity (Wildman–Crippen MR) is 106 cm³/mol. The molecule has 1 aliphatic heterocycles. The standard InChI is InChI=1S/C14H16I3NO3/c15-10-8-11(13(17)12(16)9-10)14(19)21-5-1-2-18-3-6-20-7-4-18/h8-9H,1-7H2/p+1. The predicted octanol–water partition coefficient (Wildman–Crippen LogP) is 1.96. The van der Waals surface area contributed by atoms with Gasteiger partial charge < -0.3 is 14.4 Å². The van der Waals surface area contributed by atoms with Crippen LogP contribution in [0, 0.1) is 10.7 Å². The van der Waals surface area contributed by atoms with Crippen molar-refractivity contribution in [1.82, 2.24) is 0 Å². The summed E-state index contributed by atoms with van der Waals surface area (Å²) >= 11 is 6.68. The highest BCUT2D eigenvalue weighted by molar-refractivity contribution is 14.1. The average molecular weight is 628 g/mol. The molecule has 0 saturated carbocycles. The van der Waals surface area contributed by atoms with Gasteiger partial charge in [-0.3, -0.25) is 0 Å². The maximum absolute atomic E-state index is 12.2. The molecule has 1 fully saturated rings. The summed E-state index contributed by atoms with van der Waals surface area (Å²) in [7, 11) is 0. The molecule has 1 saturated heterocycles. The number of morpholine rings is 1. The van der Waals surface area contributed by atoms with Crippen LogP contribution in [0.25, 0.3) is 0 Å². The lowest BCUT2D eigenvalue weighted by Gasteiger charge is -2.23. The number of rotatable bonds is 5. The summed E-state index contributed by atoms with van der Waals surface area (Å²) in [6.07, 6.45) is 0.901. The van der Waals surface area contributed by atoms with Gasteiger partial charge in [0, 0.05) is 17.1 Å². The Morgan fingerprint density at radius 2 is 1.95 bits per heavy atom. The highest BCUT2D eigenvalue weighted by Gasteiger charge is 2.16. The summed E-state index contributed by atoms with van der Waals surface area (Å²) in [5.41, 5.74) is 0.672. The van der Waals surface area contributed by atoms with Crippen molar-refractivity contribution in [1.29, 1.82) is 0 Å². The Morgan fingerprint density at radius 3 is 2.67 bits per heavy atom. The van der Waals surface area contributed by atoms with Gasteiger partial charge in [0.25, 0.3) is 0 Å². The average Bonchev–Trinajstić information content (AvgIpc) is 2.48. The first-order chi connectivity index (χ1) is 10.1. The smallest absolute Gasteiger partial charge is 0.339 e. The minimum atomic E-state index is -0.215. The number of quaternary nitrogens is 1. The molecule has 1 heterocycles. The van der Waals surface area contributed by atoms with E-state index in [4.69, 9.17) is 9.47 Å². The summed E-state index contributed by atoms with van der Waals surface area (Å²) in [4.78, 5) is 13.7. The zero-order chi connectivity index (χ0) is 15.2. The van der Waals surface area contributed by atoms with Gasteiger partial charge in [-0.1, -0.05) is 0 Å². The lowest BCUT2D eigenvalue weighted by atomic mass is 10.2. The van der Waals surface area contributed by atoms with Crippen molar-refractivity contribution in [2.24, 2.45) is 0 Å². The molecule has 1 aliphatic rings. The largest absolute Gasteiger partial charge is 0.462 e. The third kappa shape index (κ3) is 5.74. The topological polar surface area (TPSA) is 40.0 Å². The Balaban J connectivity index is 1.79. The molecule has 0 spiro atoms. The van der Waals surface area contributed by atoms with Crippen LogP contribution in [0.5, 0.6) is 0 Å². The SMILES string of the molecule is O=C(OCCC[NH+]1CCOCC1)c1cc(I)cc(I)c1I. The van der Waals surface area contributed by atoms with E-state index < -0.39 is 0 Å². The minimum absolute atomic E-state index is 0.215. The summed E-state index contributed by atoms with van der Waals surface area (Å²) in [6.45, 7) is 5.32. The highest BCUT2D eigenvalue weighted by atomic mass is 127. The van der Waals surface area contributed by atoms with E-state index in [1.54, 1.807) is 0 Å². The summed E-state index contributed by atoms with van der Waals surface area (Å²) in [6, 6.07) is 3.95. The third-order valence-electron chi connectivity index (χ3n) is 3.32. The first kappa shape index (κ1) is 18.1. The Labute approximate surface area is 165 Å². The number of nitrogens with one attached hydrogen (secondary N) is 1. The van der Waals surface area contributed by atoms with Crippen molar-refractivity contribution >= 4 is 73.7 Å². The van der Waals surface area contributed by atoms with Gasteiger partial charge in [0.05, 0.1) is 31.9 Å². The molecule has 0 aromatic heterocycles. The molecule has 4 nitrogen and oxygen atoms in total. The number of hydrogen-bond donors (Lipinski definition) is 1. The second kappa shape index (κ2) is 9.18. The first-order valence-corrected chi connectivity index (χ1v) is 10.0. The van der Waals surface area contributed by atoms with E-state index in [2.05, 4.69) is 73.8 Å². The Kier molecular flexibility index (Phi) is 7.93. The van der Waals surface area contributed by atoms with E-state index >= 15 is 0 Å². The molecular formula is C14H17I3NO3+. The molecule has 1 aromatic rings. The Hall–Kier alpha value is 0.800. The number of carbonyl (C=O) groups excluding carboxylic acids is 1. The van der Waals surface area contributed by atoms with Crippen LogP contribution in [0.3, 0.4) is 0 Å². The molecule has 1 aromatic carbocycles. The molecule has 0 radical (unpaired) electrons. The van der Waals surface area contributed by atoms with Crippen LogP contribution < -0.4 is 4.90 Å². The number of esters is 1. The van der Waals surface area contributed by atoms with Crippen LogP contribution in [-0.4, -0.2) is 45.4 Å². The first-order valence-electron chi connectivity index (χ1n) is 6.81. The van der Waals surface area contributed by atoms with Crippen molar-refractivity contribution in [3.63, 3.8) is 0 Å². The van der Waals surface area contributed by atoms with Crippen LogP contribution in [-0.2, 0) is 9.47 Å². The van der Waals surface area contributed by atoms with Gasteiger partial charge in [0.2, 0.25) is 0 Å². The molecule has 116 valence electrons. The van der Waals surface area contributed by atoms with E-state index in [0.717, 1.165) is 50.0 Å². The molecule has 0 atom stereocenters. The van der Waals surface area contributed by atoms with Crippen molar-refractivity contribution < 1.29 is 19.2 Å². The number of ether oxygens (including phenoxy) is 2. The van der Waals surface area contributed by atoms with Gasteiger partial charge in [0.1, 0.15) is 13.1 Å². The Morgan fingerprint density at radius 1 is 1.24 bits per heavy atom. The zero-order valence-electron chi connectivity index (χ0n) is 11.5. The van der Waals surface area contributed by atoms with E-state index in [0.29, 0.717) is 12.2 Å². The van der Waals surface area contributed by atoms with E-state index in [1.807, 2.05) is 6.07 Å². The molecule has 7 heteroatoms. The monoisotopic (exact) mass is 628 g/mol. The van der Waals surface area contributed by atoms with Gasteiger partial charge in [-0.25, -0.2) is 4.79 Å². The molecule has 1 N–H and O–H groups in total. The molecule has 0 bridgehead atoms. The summed E-state index contributed by atoms with van der Waals surface area (Å²) in [5, 5.41) is 0. The molecule has 2 rings (SSSR count). The number of hydrogen-bond acceptors (Lipinski definition) is 3. The Bertz CT molecular complexity index is 504. The summed E-state index contributed by atoms with van der Waals surface area (Å²) in [5.74, 6) is -0.215. The number of benzene rings is 1. The van der Waals surface area contributed by atoms with E-state index in [1.165, 1.54) is 4.90 Å². The fourth-order valence-corrected chi connectivity index (χ4v) is 4.56. The fraction of sp³-hybridized carbons (Fsp3) is 0.500. The lowest BCUT2D eigenvalue weighted by Crippen LogP contribution is -3.14. The second-order valence-corrected chi connectivity index (χ2v) is 8.34. The third-order valence-corrected chi connectivity index (χ3v) is 6.99. The van der Waals surface area contributed by atoms with Crippen LogP contribution >= 0.6 is 67.8 Å². The summed E-state index contributed by atoms with van der Waals surface area (Å²) < 4.78 is 13.9. The molecule has 0 unspecified atom stereocenters. The van der Waals surface area contributed by atoms with Crippen LogP contribution in [0.1, 0.15) is 16.8 Å². The van der Waals surface area contributed by atoms with Gasteiger partial charge in [-0.15, -0.1) is 0 Å². The van der Waals surface area contributed by atoms with Crippen LogP contribution in [0.2, 0.25) is 0 Å². The maximum Gasteiger partial charge on any atom is 0.339 e. The molecular weight excluding hydrogens is 611 g/mol. The maximum atomic E-state index is 12.2. The highest BCUT2D eigenvalue weighted by Crippen LogP contribution is 2.23. The van der Waals surface area contributed by atoms with Gasteiger partial charge in [0.15, 0.2) is 0 Å². The van der Waals surface area contributed by atoms with Gasteiger partial charge in [-0.05, 0) is 79.9 Å².